The Labute approximate surface area is 122 Å². The van der Waals surface area contributed by atoms with Crippen LogP contribution in [-0.2, 0) is 9.53 Å². The summed E-state index contributed by atoms with van der Waals surface area (Å²) in [7, 11) is 0. The van der Waals surface area contributed by atoms with E-state index in [1.54, 1.807) is 28.7 Å². The Bertz CT molecular complexity index is 680. The highest BCUT2D eigenvalue weighted by Crippen LogP contribution is 2.23. The molecule has 1 aliphatic heterocycles. The summed E-state index contributed by atoms with van der Waals surface area (Å²) in [6, 6.07) is 5.08. The van der Waals surface area contributed by atoms with Crippen molar-refractivity contribution in [3.8, 4) is 0 Å². The molecule has 2 aromatic rings. The summed E-state index contributed by atoms with van der Waals surface area (Å²) < 4.78 is 6.71. The van der Waals surface area contributed by atoms with Gasteiger partial charge in [0.25, 0.3) is 5.91 Å². The van der Waals surface area contributed by atoms with Gasteiger partial charge in [-0.1, -0.05) is 6.07 Å². The second-order valence-electron chi connectivity index (χ2n) is 5.00. The standard InChI is InChI=1S/C15H17N3O3/c1-2-21-15(20)13-7-5-8-17(13)14(19)11-10-16-18-9-4-3-6-12(11)18/h3-4,6,9-10,13H,2,5,7-8H2,1H3. The summed E-state index contributed by atoms with van der Waals surface area (Å²) in [6.07, 6.45) is 4.81. The SMILES string of the molecule is CCOC(=O)C1CCCN1C(=O)c1cnn2ccccc12. The molecule has 1 atom stereocenters. The van der Waals surface area contributed by atoms with Crippen molar-refractivity contribution in [1.29, 1.82) is 0 Å². The number of aromatic nitrogens is 2. The quantitative estimate of drug-likeness (QED) is 0.803. The third-order valence-corrected chi connectivity index (χ3v) is 3.73. The van der Waals surface area contributed by atoms with Gasteiger partial charge in [0.1, 0.15) is 6.04 Å². The maximum Gasteiger partial charge on any atom is 0.328 e. The van der Waals surface area contributed by atoms with Crippen LogP contribution in [0.1, 0.15) is 30.1 Å². The fourth-order valence-corrected chi connectivity index (χ4v) is 2.75. The number of amides is 1. The predicted octanol–water partition coefficient (Wildman–Crippen LogP) is 1.50. The predicted molar refractivity (Wildman–Crippen MR) is 75.9 cm³/mol. The number of fused-ring (bicyclic) bond motifs is 1. The minimum Gasteiger partial charge on any atom is -0.464 e. The maximum absolute atomic E-state index is 12.7. The van der Waals surface area contributed by atoms with E-state index < -0.39 is 6.04 Å². The lowest BCUT2D eigenvalue weighted by Crippen LogP contribution is -2.41. The molecule has 1 saturated heterocycles. The molecule has 0 aromatic carbocycles. The highest BCUT2D eigenvalue weighted by atomic mass is 16.5. The number of hydrogen-bond acceptors (Lipinski definition) is 4. The van der Waals surface area contributed by atoms with Crippen LogP contribution in [0.2, 0.25) is 0 Å². The number of likely N-dealkylation sites (tertiary alicyclic amines) is 1. The number of carbonyl (C=O) groups excluding carboxylic acids is 2. The highest BCUT2D eigenvalue weighted by molar-refractivity contribution is 6.02. The summed E-state index contributed by atoms with van der Waals surface area (Å²) in [5.74, 6) is -0.480. The van der Waals surface area contributed by atoms with Gasteiger partial charge in [0.05, 0.1) is 23.9 Å². The molecule has 1 amide bonds. The van der Waals surface area contributed by atoms with E-state index in [0.717, 1.165) is 11.9 Å². The monoisotopic (exact) mass is 287 g/mol. The molecule has 0 aliphatic carbocycles. The number of ether oxygens (including phenoxy) is 1. The summed E-state index contributed by atoms with van der Waals surface area (Å²) in [4.78, 5) is 26.3. The van der Waals surface area contributed by atoms with Crippen LogP contribution in [0, 0.1) is 0 Å². The van der Waals surface area contributed by atoms with Gasteiger partial charge in [0, 0.05) is 12.7 Å². The molecule has 2 aromatic heterocycles. The number of hydrogen-bond donors (Lipinski definition) is 0. The third-order valence-electron chi connectivity index (χ3n) is 3.73. The van der Waals surface area contributed by atoms with E-state index in [4.69, 9.17) is 4.74 Å². The highest BCUT2D eigenvalue weighted by Gasteiger charge is 2.36. The molecule has 1 unspecified atom stereocenters. The molecule has 0 N–H and O–H groups in total. The van der Waals surface area contributed by atoms with Crippen molar-refractivity contribution in [1.82, 2.24) is 14.5 Å². The molecule has 0 bridgehead atoms. The largest absolute Gasteiger partial charge is 0.464 e. The van der Waals surface area contributed by atoms with E-state index in [1.807, 2.05) is 18.2 Å². The van der Waals surface area contributed by atoms with Crippen molar-refractivity contribution < 1.29 is 14.3 Å². The van der Waals surface area contributed by atoms with Crippen LogP contribution in [0.4, 0.5) is 0 Å². The van der Waals surface area contributed by atoms with Crippen molar-refractivity contribution in [3.05, 3.63) is 36.2 Å². The Morgan fingerprint density at radius 1 is 1.43 bits per heavy atom. The summed E-state index contributed by atoms with van der Waals surface area (Å²) >= 11 is 0. The molecular formula is C15H17N3O3. The average molecular weight is 287 g/mol. The van der Waals surface area contributed by atoms with Crippen LogP contribution in [-0.4, -0.2) is 45.6 Å². The van der Waals surface area contributed by atoms with Gasteiger partial charge in [-0.15, -0.1) is 0 Å². The first-order valence-corrected chi connectivity index (χ1v) is 7.12. The Balaban J connectivity index is 1.89. The Hall–Kier alpha value is -2.37. The molecular weight excluding hydrogens is 270 g/mol. The summed E-state index contributed by atoms with van der Waals surface area (Å²) in [6.45, 7) is 2.67. The lowest BCUT2D eigenvalue weighted by molar-refractivity contribution is -0.147. The van der Waals surface area contributed by atoms with Crippen molar-refractivity contribution in [3.63, 3.8) is 0 Å². The first-order valence-electron chi connectivity index (χ1n) is 7.12. The number of carbonyl (C=O) groups is 2. The zero-order valence-electron chi connectivity index (χ0n) is 11.9. The normalized spacial score (nSPS) is 18.1. The van der Waals surface area contributed by atoms with Gasteiger partial charge in [0.15, 0.2) is 0 Å². The van der Waals surface area contributed by atoms with Crippen molar-refractivity contribution in [2.45, 2.75) is 25.8 Å². The molecule has 6 nitrogen and oxygen atoms in total. The third kappa shape index (κ3) is 2.37. The number of nitrogens with zero attached hydrogens (tertiary/aromatic N) is 3. The van der Waals surface area contributed by atoms with Crippen molar-refractivity contribution in [2.75, 3.05) is 13.2 Å². The van der Waals surface area contributed by atoms with E-state index in [1.165, 1.54) is 0 Å². The fraction of sp³-hybridized carbons (Fsp3) is 0.400. The molecule has 6 heteroatoms. The van der Waals surface area contributed by atoms with E-state index in [2.05, 4.69) is 5.10 Å². The number of pyridine rings is 1. The Kier molecular flexibility index (Phi) is 3.60. The molecule has 0 radical (unpaired) electrons. The second-order valence-corrected chi connectivity index (χ2v) is 5.00. The van der Waals surface area contributed by atoms with E-state index in [-0.39, 0.29) is 11.9 Å². The van der Waals surface area contributed by atoms with E-state index in [9.17, 15) is 9.59 Å². The lowest BCUT2D eigenvalue weighted by Gasteiger charge is -2.22. The van der Waals surface area contributed by atoms with Crippen LogP contribution >= 0.6 is 0 Å². The van der Waals surface area contributed by atoms with Crippen LogP contribution in [0.15, 0.2) is 30.6 Å². The molecule has 1 fully saturated rings. The van der Waals surface area contributed by atoms with Gasteiger partial charge in [-0.05, 0) is 31.9 Å². The molecule has 110 valence electrons. The lowest BCUT2D eigenvalue weighted by atomic mass is 10.2. The van der Waals surface area contributed by atoms with E-state index in [0.29, 0.717) is 25.1 Å². The fourth-order valence-electron chi connectivity index (χ4n) is 2.75. The van der Waals surface area contributed by atoms with E-state index >= 15 is 0 Å². The molecule has 0 saturated carbocycles. The molecule has 3 heterocycles. The van der Waals surface area contributed by atoms with Crippen molar-refractivity contribution >= 4 is 17.4 Å². The smallest absolute Gasteiger partial charge is 0.328 e. The number of esters is 1. The average Bonchev–Trinajstić information content (AvgIpc) is 3.14. The number of rotatable bonds is 3. The minimum absolute atomic E-state index is 0.160. The van der Waals surface area contributed by atoms with Crippen LogP contribution in [0.25, 0.3) is 5.52 Å². The molecule has 21 heavy (non-hydrogen) atoms. The van der Waals surface area contributed by atoms with Crippen LogP contribution in [0.3, 0.4) is 0 Å². The Morgan fingerprint density at radius 3 is 3.10 bits per heavy atom. The minimum atomic E-state index is -0.476. The molecule has 0 spiro atoms. The first-order chi connectivity index (χ1) is 10.2. The van der Waals surface area contributed by atoms with Gasteiger partial charge in [-0.25, -0.2) is 9.31 Å². The molecule has 3 rings (SSSR count). The van der Waals surface area contributed by atoms with Gasteiger partial charge >= 0.3 is 5.97 Å². The van der Waals surface area contributed by atoms with Gasteiger partial charge in [-0.3, -0.25) is 4.79 Å². The zero-order valence-corrected chi connectivity index (χ0v) is 11.9. The van der Waals surface area contributed by atoms with Crippen molar-refractivity contribution in [2.24, 2.45) is 0 Å². The van der Waals surface area contributed by atoms with Crippen LogP contribution in [0.5, 0.6) is 0 Å². The topological polar surface area (TPSA) is 63.9 Å². The first kappa shape index (κ1) is 13.6. The van der Waals surface area contributed by atoms with Gasteiger partial charge in [0.2, 0.25) is 0 Å². The maximum atomic E-state index is 12.7. The Morgan fingerprint density at radius 2 is 2.29 bits per heavy atom. The van der Waals surface area contributed by atoms with Crippen LogP contribution < -0.4 is 0 Å². The molecule has 1 aliphatic rings. The van der Waals surface area contributed by atoms with Gasteiger partial charge in [-0.2, -0.15) is 5.10 Å². The zero-order chi connectivity index (χ0) is 14.8. The summed E-state index contributed by atoms with van der Waals surface area (Å²) in [5, 5.41) is 4.17. The second kappa shape index (κ2) is 5.55. The summed E-state index contributed by atoms with van der Waals surface area (Å²) in [5.41, 5.74) is 1.27. The van der Waals surface area contributed by atoms with Gasteiger partial charge < -0.3 is 9.64 Å².